The molecule has 0 aliphatic heterocycles. The Morgan fingerprint density at radius 3 is 2.81 bits per heavy atom. The third kappa shape index (κ3) is 1.77. The van der Waals surface area contributed by atoms with Gasteiger partial charge in [0.05, 0.1) is 5.69 Å². The molecule has 0 saturated heterocycles. The lowest BCUT2D eigenvalue weighted by Crippen LogP contribution is -1.95. The fourth-order valence-corrected chi connectivity index (χ4v) is 1.43. The molecular formula is C10H8FN3O2. The molecule has 16 heavy (non-hydrogen) atoms. The zero-order valence-electron chi connectivity index (χ0n) is 8.42. The molecule has 1 aromatic heterocycles. The number of imidazole rings is 1. The van der Waals surface area contributed by atoms with Crippen molar-refractivity contribution in [1.29, 1.82) is 0 Å². The quantitative estimate of drug-likeness (QED) is 0.577. The van der Waals surface area contributed by atoms with Crippen LogP contribution in [0.5, 0.6) is 0 Å². The van der Waals surface area contributed by atoms with Gasteiger partial charge in [0.1, 0.15) is 12.0 Å². The van der Waals surface area contributed by atoms with E-state index in [0.29, 0.717) is 11.5 Å². The third-order valence-electron chi connectivity index (χ3n) is 2.14. The van der Waals surface area contributed by atoms with E-state index in [-0.39, 0.29) is 5.82 Å². The molecule has 2 rings (SSSR count). The fourth-order valence-electron chi connectivity index (χ4n) is 1.43. The van der Waals surface area contributed by atoms with Gasteiger partial charge in [0.25, 0.3) is 0 Å². The van der Waals surface area contributed by atoms with Crippen LogP contribution in [0, 0.1) is 22.9 Å². The first-order valence-corrected chi connectivity index (χ1v) is 4.54. The number of nitrogens with zero attached hydrogens (tertiary/aromatic N) is 3. The zero-order chi connectivity index (χ0) is 11.7. The molecule has 82 valence electrons. The van der Waals surface area contributed by atoms with E-state index >= 15 is 0 Å². The average Bonchev–Trinajstić information content (AvgIpc) is 2.60. The van der Waals surface area contributed by atoms with Crippen LogP contribution < -0.4 is 0 Å². The van der Waals surface area contributed by atoms with Crippen LogP contribution in [0.1, 0.15) is 5.82 Å². The maximum absolute atomic E-state index is 13.0. The number of halogens is 1. The van der Waals surface area contributed by atoms with Crippen molar-refractivity contribution < 1.29 is 9.31 Å². The van der Waals surface area contributed by atoms with Crippen LogP contribution in [0.15, 0.2) is 30.5 Å². The van der Waals surface area contributed by atoms with E-state index in [9.17, 15) is 14.5 Å². The van der Waals surface area contributed by atoms with Gasteiger partial charge >= 0.3 is 5.82 Å². The Kier molecular flexibility index (Phi) is 2.40. The predicted octanol–water partition coefficient (Wildman–Crippen LogP) is 2.23. The molecule has 0 spiro atoms. The lowest BCUT2D eigenvalue weighted by Gasteiger charge is -2.01. The number of hydrogen-bond acceptors (Lipinski definition) is 3. The predicted molar refractivity (Wildman–Crippen MR) is 54.9 cm³/mol. The first-order valence-electron chi connectivity index (χ1n) is 4.54. The molecule has 0 aliphatic carbocycles. The molecule has 0 amide bonds. The van der Waals surface area contributed by atoms with Gasteiger partial charge < -0.3 is 10.1 Å². The van der Waals surface area contributed by atoms with Crippen LogP contribution in [0.3, 0.4) is 0 Å². The van der Waals surface area contributed by atoms with E-state index in [2.05, 4.69) is 4.98 Å². The minimum absolute atomic E-state index is 0.248. The van der Waals surface area contributed by atoms with Crippen LogP contribution in [0.2, 0.25) is 0 Å². The van der Waals surface area contributed by atoms with Gasteiger partial charge in [-0.05, 0) is 28.1 Å². The number of nitro groups is 1. The number of aryl methyl sites for hydroxylation is 1. The van der Waals surface area contributed by atoms with Gasteiger partial charge in [-0.15, -0.1) is 0 Å². The Morgan fingerprint density at radius 2 is 2.25 bits per heavy atom. The van der Waals surface area contributed by atoms with E-state index in [0.717, 1.165) is 0 Å². The highest BCUT2D eigenvalue weighted by Crippen LogP contribution is 2.17. The van der Waals surface area contributed by atoms with Gasteiger partial charge in [-0.25, -0.2) is 4.39 Å². The Morgan fingerprint density at radius 1 is 1.50 bits per heavy atom. The monoisotopic (exact) mass is 221 g/mol. The highest BCUT2D eigenvalue weighted by molar-refractivity contribution is 5.36. The molecule has 0 radical (unpaired) electrons. The minimum Gasteiger partial charge on any atom is -0.358 e. The molecule has 5 nitrogen and oxygen atoms in total. The highest BCUT2D eigenvalue weighted by atomic mass is 19.1. The molecule has 0 aliphatic rings. The van der Waals surface area contributed by atoms with Gasteiger partial charge in [0.15, 0.2) is 0 Å². The van der Waals surface area contributed by atoms with E-state index in [1.807, 2.05) is 0 Å². The summed E-state index contributed by atoms with van der Waals surface area (Å²) in [5.41, 5.74) is 0.512. The van der Waals surface area contributed by atoms with Crippen LogP contribution in [-0.4, -0.2) is 14.5 Å². The summed E-state index contributed by atoms with van der Waals surface area (Å²) < 4.78 is 14.5. The van der Waals surface area contributed by atoms with E-state index in [4.69, 9.17) is 0 Å². The number of hydrogen-bond donors (Lipinski definition) is 0. The molecule has 0 atom stereocenters. The largest absolute Gasteiger partial charge is 0.382 e. The summed E-state index contributed by atoms with van der Waals surface area (Å²) in [5.74, 6) is -0.202. The Bertz CT molecular complexity index is 551. The number of rotatable bonds is 2. The molecule has 1 aromatic carbocycles. The van der Waals surface area contributed by atoms with Gasteiger partial charge in [-0.3, -0.25) is 4.57 Å². The van der Waals surface area contributed by atoms with Gasteiger partial charge in [-0.2, -0.15) is 0 Å². The minimum atomic E-state index is -0.581. The molecule has 0 bridgehead atoms. The summed E-state index contributed by atoms with van der Waals surface area (Å²) in [6.45, 7) is 1.62. The standard InChI is InChI=1S/C10H8FN3O2/c1-7-12-10(14(15)16)6-13(7)9-4-2-3-8(11)5-9/h2-6H,1H3. The van der Waals surface area contributed by atoms with Crippen LogP contribution in [0.25, 0.3) is 5.69 Å². The normalized spacial score (nSPS) is 10.4. The molecule has 0 saturated carbocycles. The second-order valence-electron chi connectivity index (χ2n) is 3.25. The number of benzene rings is 1. The van der Waals surface area contributed by atoms with Crippen molar-refractivity contribution in [3.8, 4) is 5.69 Å². The van der Waals surface area contributed by atoms with Crippen molar-refractivity contribution in [3.63, 3.8) is 0 Å². The first-order chi connectivity index (χ1) is 7.58. The molecule has 0 N–H and O–H groups in total. The summed E-state index contributed by atoms with van der Waals surface area (Å²) in [5, 5.41) is 10.5. The molecule has 1 heterocycles. The van der Waals surface area contributed by atoms with Crippen molar-refractivity contribution in [3.05, 3.63) is 52.2 Å². The summed E-state index contributed by atoms with van der Waals surface area (Å²) >= 11 is 0. The van der Waals surface area contributed by atoms with Crippen molar-refractivity contribution in [2.45, 2.75) is 6.92 Å². The molecule has 0 fully saturated rings. The maximum Gasteiger partial charge on any atom is 0.382 e. The Balaban J connectivity index is 2.52. The van der Waals surface area contributed by atoms with Gasteiger partial charge in [-0.1, -0.05) is 6.07 Å². The van der Waals surface area contributed by atoms with Crippen molar-refractivity contribution in [1.82, 2.24) is 9.55 Å². The van der Waals surface area contributed by atoms with E-state index in [1.54, 1.807) is 13.0 Å². The third-order valence-corrected chi connectivity index (χ3v) is 2.14. The average molecular weight is 221 g/mol. The molecule has 2 aromatic rings. The summed E-state index contributed by atoms with van der Waals surface area (Å²) in [6, 6.07) is 5.79. The Hall–Kier alpha value is -2.24. The summed E-state index contributed by atoms with van der Waals surface area (Å²) in [7, 11) is 0. The van der Waals surface area contributed by atoms with Gasteiger partial charge in [0.2, 0.25) is 5.82 Å². The van der Waals surface area contributed by atoms with E-state index in [1.165, 1.54) is 29.0 Å². The number of aromatic nitrogens is 2. The second-order valence-corrected chi connectivity index (χ2v) is 3.25. The maximum atomic E-state index is 13.0. The van der Waals surface area contributed by atoms with Crippen LogP contribution in [0.4, 0.5) is 10.2 Å². The lowest BCUT2D eigenvalue weighted by molar-refractivity contribution is -0.389. The first kappa shape index (κ1) is 10.3. The lowest BCUT2D eigenvalue weighted by atomic mass is 10.3. The summed E-state index contributed by atoms with van der Waals surface area (Å²) in [4.78, 5) is 13.7. The van der Waals surface area contributed by atoms with Crippen molar-refractivity contribution >= 4 is 5.82 Å². The van der Waals surface area contributed by atoms with E-state index < -0.39 is 10.7 Å². The van der Waals surface area contributed by atoms with Gasteiger partial charge in [0, 0.05) is 6.92 Å². The molecule has 0 unspecified atom stereocenters. The Labute approximate surface area is 90.3 Å². The van der Waals surface area contributed by atoms with Crippen LogP contribution >= 0.6 is 0 Å². The second kappa shape index (κ2) is 3.73. The topological polar surface area (TPSA) is 61.0 Å². The van der Waals surface area contributed by atoms with Crippen molar-refractivity contribution in [2.75, 3.05) is 0 Å². The highest BCUT2D eigenvalue weighted by Gasteiger charge is 2.16. The van der Waals surface area contributed by atoms with Crippen molar-refractivity contribution in [2.24, 2.45) is 0 Å². The smallest absolute Gasteiger partial charge is 0.358 e. The molecule has 6 heteroatoms. The fraction of sp³-hybridized carbons (Fsp3) is 0.100. The zero-order valence-corrected chi connectivity index (χ0v) is 8.42. The SMILES string of the molecule is Cc1nc([N+](=O)[O-])cn1-c1cccc(F)c1. The summed E-state index contributed by atoms with van der Waals surface area (Å²) in [6.07, 6.45) is 1.27. The molecular weight excluding hydrogens is 213 g/mol. The van der Waals surface area contributed by atoms with Crippen LogP contribution in [-0.2, 0) is 0 Å².